The summed E-state index contributed by atoms with van der Waals surface area (Å²) in [5.74, 6) is 0. The molecule has 0 radical (unpaired) electrons. The number of alkyl halides is 3. The lowest BCUT2D eigenvalue weighted by atomic mass is 10.3. The van der Waals surface area contributed by atoms with Gasteiger partial charge in [0.2, 0.25) is 0 Å². The molecule has 2 nitrogen and oxygen atoms in total. The van der Waals surface area contributed by atoms with Crippen molar-refractivity contribution in [3.63, 3.8) is 0 Å². The molecule has 2 aromatic rings. The quantitative estimate of drug-likeness (QED) is 0.859. The first-order chi connectivity index (χ1) is 7.04. The fraction of sp³-hybridized carbons (Fsp3) is 0.222. The molecular formula is C9H7F3N2S. The van der Waals surface area contributed by atoms with Gasteiger partial charge in [0.05, 0.1) is 10.2 Å². The molecule has 0 saturated heterocycles. The van der Waals surface area contributed by atoms with Gasteiger partial charge in [0.15, 0.2) is 5.13 Å². The zero-order valence-corrected chi connectivity index (χ0v) is 8.32. The van der Waals surface area contributed by atoms with Gasteiger partial charge in [-0.05, 0) is 12.1 Å². The second-order valence-corrected chi connectivity index (χ2v) is 3.99. The van der Waals surface area contributed by atoms with Crippen molar-refractivity contribution in [1.29, 1.82) is 0 Å². The van der Waals surface area contributed by atoms with Gasteiger partial charge in [0.25, 0.3) is 0 Å². The zero-order valence-electron chi connectivity index (χ0n) is 7.51. The highest BCUT2D eigenvalue weighted by molar-refractivity contribution is 7.22. The van der Waals surface area contributed by atoms with E-state index in [4.69, 9.17) is 0 Å². The molecule has 1 aromatic heterocycles. The third kappa shape index (κ3) is 2.59. The maximum atomic E-state index is 11.9. The van der Waals surface area contributed by atoms with Crippen LogP contribution in [0.4, 0.5) is 18.3 Å². The molecule has 0 spiro atoms. The lowest BCUT2D eigenvalue weighted by molar-refractivity contribution is -0.115. The fourth-order valence-corrected chi connectivity index (χ4v) is 1.99. The number of benzene rings is 1. The van der Waals surface area contributed by atoms with Crippen LogP contribution in [0.5, 0.6) is 0 Å². The van der Waals surface area contributed by atoms with Crippen LogP contribution in [0.15, 0.2) is 24.3 Å². The van der Waals surface area contributed by atoms with Crippen molar-refractivity contribution in [1.82, 2.24) is 4.98 Å². The van der Waals surface area contributed by atoms with Crippen LogP contribution in [-0.4, -0.2) is 17.7 Å². The van der Waals surface area contributed by atoms with E-state index in [1.54, 1.807) is 12.1 Å². The Morgan fingerprint density at radius 3 is 2.67 bits per heavy atom. The normalized spacial score (nSPS) is 11.9. The highest BCUT2D eigenvalue weighted by Crippen LogP contribution is 2.26. The topological polar surface area (TPSA) is 24.9 Å². The smallest absolute Gasteiger partial charge is 0.352 e. The summed E-state index contributed by atoms with van der Waals surface area (Å²) < 4.78 is 36.6. The van der Waals surface area contributed by atoms with Crippen molar-refractivity contribution in [2.24, 2.45) is 0 Å². The minimum atomic E-state index is -4.21. The van der Waals surface area contributed by atoms with E-state index in [1.165, 1.54) is 11.3 Å². The first-order valence-corrected chi connectivity index (χ1v) is 5.02. The molecule has 6 heteroatoms. The second kappa shape index (κ2) is 3.69. The van der Waals surface area contributed by atoms with Crippen LogP contribution in [0.3, 0.4) is 0 Å². The number of thiazole rings is 1. The monoisotopic (exact) mass is 232 g/mol. The summed E-state index contributed by atoms with van der Waals surface area (Å²) in [6, 6.07) is 7.22. The van der Waals surface area contributed by atoms with Crippen molar-refractivity contribution in [3.05, 3.63) is 24.3 Å². The van der Waals surface area contributed by atoms with Gasteiger partial charge < -0.3 is 5.32 Å². The molecule has 0 bridgehead atoms. The van der Waals surface area contributed by atoms with Gasteiger partial charge in [-0.1, -0.05) is 23.5 Å². The van der Waals surface area contributed by atoms with Gasteiger partial charge in [-0.3, -0.25) is 0 Å². The Morgan fingerprint density at radius 2 is 2.00 bits per heavy atom. The standard InChI is InChI=1S/C9H7F3N2S/c10-9(11,12)5-13-8-14-6-3-1-2-4-7(6)15-8/h1-4H,5H2,(H,13,14). The molecule has 1 N–H and O–H groups in total. The number of hydrogen-bond acceptors (Lipinski definition) is 3. The van der Waals surface area contributed by atoms with Gasteiger partial charge in [-0.2, -0.15) is 13.2 Å². The molecule has 0 atom stereocenters. The Kier molecular flexibility index (Phi) is 2.52. The van der Waals surface area contributed by atoms with Crippen LogP contribution in [0.25, 0.3) is 10.2 Å². The van der Waals surface area contributed by atoms with Crippen molar-refractivity contribution < 1.29 is 13.2 Å². The van der Waals surface area contributed by atoms with Crippen molar-refractivity contribution in [2.45, 2.75) is 6.18 Å². The molecule has 15 heavy (non-hydrogen) atoms. The summed E-state index contributed by atoms with van der Waals surface area (Å²) in [4.78, 5) is 4.02. The zero-order chi connectivity index (χ0) is 10.9. The van der Waals surface area contributed by atoms with Gasteiger partial charge in [-0.25, -0.2) is 4.98 Å². The van der Waals surface area contributed by atoms with Crippen LogP contribution in [0.2, 0.25) is 0 Å². The molecule has 0 aliphatic heterocycles. The lowest BCUT2D eigenvalue weighted by Gasteiger charge is -2.05. The summed E-state index contributed by atoms with van der Waals surface area (Å²) in [7, 11) is 0. The predicted molar refractivity (Wildman–Crippen MR) is 54.2 cm³/mol. The molecule has 0 amide bonds. The van der Waals surface area contributed by atoms with E-state index < -0.39 is 12.7 Å². The van der Waals surface area contributed by atoms with E-state index in [9.17, 15) is 13.2 Å². The van der Waals surface area contributed by atoms with Crippen LogP contribution in [0.1, 0.15) is 0 Å². The number of hydrogen-bond donors (Lipinski definition) is 1. The first-order valence-electron chi connectivity index (χ1n) is 4.21. The third-order valence-corrected chi connectivity index (χ3v) is 2.73. The van der Waals surface area contributed by atoms with Crippen molar-refractivity contribution in [2.75, 3.05) is 11.9 Å². The third-order valence-electron chi connectivity index (χ3n) is 1.73. The van der Waals surface area contributed by atoms with E-state index in [2.05, 4.69) is 10.3 Å². The molecule has 0 saturated carbocycles. The average Bonchev–Trinajstić information content (AvgIpc) is 2.56. The lowest BCUT2D eigenvalue weighted by Crippen LogP contribution is -2.21. The van der Waals surface area contributed by atoms with Crippen molar-refractivity contribution in [3.8, 4) is 0 Å². The Morgan fingerprint density at radius 1 is 1.27 bits per heavy atom. The molecular weight excluding hydrogens is 225 g/mol. The molecule has 0 aliphatic rings. The van der Waals surface area contributed by atoms with Crippen LogP contribution >= 0.6 is 11.3 Å². The number of nitrogens with one attached hydrogen (secondary N) is 1. The number of nitrogens with zero attached hydrogens (tertiary/aromatic N) is 1. The molecule has 0 unspecified atom stereocenters. The Balaban J connectivity index is 2.16. The number of halogens is 3. The minimum absolute atomic E-state index is 0.300. The van der Waals surface area contributed by atoms with E-state index >= 15 is 0 Å². The van der Waals surface area contributed by atoms with Crippen LogP contribution in [0, 0.1) is 0 Å². The highest BCUT2D eigenvalue weighted by atomic mass is 32.1. The van der Waals surface area contributed by atoms with Gasteiger partial charge >= 0.3 is 6.18 Å². The number of rotatable bonds is 2. The molecule has 2 rings (SSSR count). The molecule has 1 aromatic carbocycles. The summed E-state index contributed by atoms with van der Waals surface area (Å²) in [5, 5.41) is 2.56. The Labute approximate surface area is 87.7 Å². The molecule has 80 valence electrons. The minimum Gasteiger partial charge on any atom is -0.352 e. The number of anilines is 1. The van der Waals surface area contributed by atoms with Crippen molar-refractivity contribution >= 4 is 26.7 Å². The second-order valence-electron chi connectivity index (χ2n) is 2.96. The summed E-state index contributed by atoms with van der Waals surface area (Å²) >= 11 is 1.22. The maximum absolute atomic E-state index is 11.9. The highest BCUT2D eigenvalue weighted by Gasteiger charge is 2.27. The number of aromatic nitrogens is 1. The fourth-order valence-electron chi connectivity index (χ4n) is 1.12. The molecule has 0 fully saturated rings. The van der Waals surface area contributed by atoms with Gasteiger partial charge in [-0.15, -0.1) is 0 Å². The average molecular weight is 232 g/mol. The van der Waals surface area contributed by atoms with Gasteiger partial charge in [0, 0.05) is 0 Å². The van der Waals surface area contributed by atoms with E-state index in [0.717, 1.165) is 4.70 Å². The van der Waals surface area contributed by atoms with Crippen LogP contribution < -0.4 is 5.32 Å². The first kappa shape index (κ1) is 10.2. The van der Waals surface area contributed by atoms with Gasteiger partial charge in [0.1, 0.15) is 6.54 Å². The SMILES string of the molecule is FC(F)(F)CNc1nc2ccccc2s1. The van der Waals surface area contributed by atoms with E-state index in [1.807, 2.05) is 12.1 Å². The summed E-state index contributed by atoms with van der Waals surface area (Å²) in [6.07, 6.45) is -4.21. The number of para-hydroxylation sites is 1. The van der Waals surface area contributed by atoms with E-state index in [-0.39, 0.29) is 0 Å². The van der Waals surface area contributed by atoms with Crippen LogP contribution in [-0.2, 0) is 0 Å². The molecule has 1 heterocycles. The number of fused-ring (bicyclic) bond motifs is 1. The maximum Gasteiger partial charge on any atom is 0.405 e. The Hall–Kier alpha value is -1.30. The van der Waals surface area contributed by atoms with E-state index in [0.29, 0.717) is 10.6 Å². The summed E-state index contributed by atoms with van der Waals surface area (Å²) in [6.45, 7) is -1.05. The summed E-state index contributed by atoms with van der Waals surface area (Å²) in [5.41, 5.74) is 0.715. The largest absolute Gasteiger partial charge is 0.405 e. The predicted octanol–water partition coefficient (Wildman–Crippen LogP) is 3.27. The Bertz CT molecular complexity index is 431. The molecule has 0 aliphatic carbocycles.